The maximum absolute atomic E-state index is 13.5. The highest BCUT2D eigenvalue weighted by atomic mass is 16.7. The minimum Gasteiger partial charge on any atom is -0.493 e. The number of benzene rings is 1. The zero-order valence-electron chi connectivity index (χ0n) is 23.2. The van der Waals surface area contributed by atoms with Crippen LogP contribution < -0.4 is 9.47 Å². The summed E-state index contributed by atoms with van der Waals surface area (Å²) in [5.74, 6) is -1.85. The van der Waals surface area contributed by atoms with Crippen molar-refractivity contribution in [3.05, 3.63) is 23.8 Å². The van der Waals surface area contributed by atoms with Gasteiger partial charge in [0.1, 0.15) is 24.4 Å². The smallest absolute Gasteiger partial charge is 0.338 e. The van der Waals surface area contributed by atoms with Crippen molar-refractivity contribution >= 4 is 17.9 Å². The molecule has 2 saturated carbocycles. The van der Waals surface area contributed by atoms with Crippen molar-refractivity contribution in [1.29, 1.82) is 0 Å². The first-order valence-corrected chi connectivity index (χ1v) is 12.9. The van der Waals surface area contributed by atoms with Crippen molar-refractivity contribution in [1.82, 2.24) is 0 Å². The lowest BCUT2D eigenvalue weighted by atomic mass is 9.66. The molecule has 3 fully saturated rings. The number of epoxide rings is 1. The second-order valence-corrected chi connectivity index (χ2v) is 11.4. The maximum atomic E-state index is 13.5. The largest absolute Gasteiger partial charge is 0.493 e. The molecule has 38 heavy (non-hydrogen) atoms. The Morgan fingerprint density at radius 1 is 0.974 bits per heavy atom. The molecule has 0 bridgehead atoms. The van der Waals surface area contributed by atoms with E-state index < -0.39 is 64.9 Å². The molecular weight excluding hydrogens is 496 g/mol. The lowest BCUT2D eigenvalue weighted by Crippen LogP contribution is -2.56. The van der Waals surface area contributed by atoms with Crippen molar-refractivity contribution in [2.24, 2.45) is 17.3 Å². The molecule has 1 aromatic carbocycles. The van der Waals surface area contributed by atoms with Crippen LogP contribution in [0.4, 0.5) is 0 Å². The third-order valence-corrected chi connectivity index (χ3v) is 8.70. The fourth-order valence-electron chi connectivity index (χ4n) is 6.72. The van der Waals surface area contributed by atoms with Gasteiger partial charge in [-0.25, -0.2) is 4.79 Å². The molecule has 0 amide bonds. The van der Waals surface area contributed by atoms with Gasteiger partial charge < -0.3 is 33.5 Å². The standard InChI is InChI=1S/C28H38O10/c1-14(2)28(32)13-21(35-15(3)29)27(6)22(28)20(12-26(5)23(38-26)24(27)36-16(4)30)37-25(31)17-9-10-18(33-7)19(11-17)34-8/h9-11,14,20-24,32H,12-13H2,1-8H3/t20-,21-,22+,23+,24+,26+,27-,28+/m0/s1. The lowest BCUT2D eigenvalue weighted by Gasteiger charge is -2.46. The monoisotopic (exact) mass is 534 g/mol. The maximum Gasteiger partial charge on any atom is 0.338 e. The summed E-state index contributed by atoms with van der Waals surface area (Å²) in [4.78, 5) is 37.9. The van der Waals surface area contributed by atoms with Crippen LogP contribution in [0.1, 0.15) is 64.7 Å². The van der Waals surface area contributed by atoms with Gasteiger partial charge in [0.05, 0.1) is 36.4 Å². The molecule has 210 valence electrons. The molecule has 4 rings (SSSR count). The van der Waals surface area contributed by atoms with Crippen LogP contribution in [-0.2, 0) is 28.5 Å². The van der Waals surface area contributed by atoms with Gasteiger partial charge in [0.15, 0.2) is 11.5 Å². The number of fused-ring (bicyclic) bond motifs is 2. The topological polar surface area (TPSA) is 130 Å². The summed E-state index contributed by atoms with van der Waals surface area (Å²) in [6.45, 7) is 10.0. The predicted molar refractivity (Wildman–Crippen MR) is 134 cm³/mol. The number of ether oxygens (including phenoxy) is 6. The Bertz CT molecular complexity index is 1120. The van der Waals surface area contributed by atoms with Gasteiger partial charge in [-0.3, -0.25) is 9.59 Å². The van der Waals surface area contributed by atoms with Crippen LogP contribution >= 0.6 is 0 Å². The summed E-state index contributed by atoms with van der Waals surface area (Å²) in [5, 5.41) is 12.2. The van der Waals surface area contributed by atoms with Gasteiger partial charge >= 0.3 is 17.9 Å². The van der Waals surface area contributed by atoms with Crippen LogP contribution in [0.25, 0.3) is 0 Å². The minimum absolute atomic E-state index is 0.0943. The zero-order valence-corrected chi connectivity index (χ0v) is 23.2. The van der Waals surface area contributed by atoms with E-state index in [0.717, 1.165) is 0 Å². The van der Waals surface area contributed by atoms with E-state index in [4.69, 9.17) is 28.4 Å². The van der Waals surface area contributed by atoms with Gasteiger partial charge in [0, 0.05) is 32.6 Å². The van der Waals surface area contributed by atoms with Crippen molar-refractivity contribution in [3.63, 3.8) is 0 Å². The van der Waals surface area contributed by atoms with E-state index in [1.807, 2.05) is 27.7 Å². The molecule has 3 aliphatic rings. The third kappa shape index (κ3) is 4.51. The average Bonchev–Trinajstić information content (AvgIpc) is 3.44. The second-order valence-electron chi connectivity index (χ2n) is 11.4. The second kappa shape index (κ2) is 9.72. The molecule has 1 heterocycles. The van der Waals surface area contributed by atoms with Gasteiger partial charge in [-0.1, -0.05) is 20.8 Å². The first-order valence-electron chi connectivity index (χ1n) is 12.9. The number of hydrogen-bond donors (Lipinski definition) is 1. The minimum atomic E-state index is -1.40. The summed E-state index contributed by atoms with van der Waals surface area (Å²) in [6, 6.07) is 4.72. The third-order valence-electron chi connectivity index (χ3n) is 8.70. The van der Waals surface area contributed by atoms with Gasteiger partial charge in [0.2, 0.25) is 0 Å². The van der Waals surface area contributed by atoms with Gasteiger partial charge in [-0.15, -0.1) is 0 Å². The van der Waals surface area contributed by atoms with E-state index >= 15 is 0 Å². The van der Waals surface area contributed by atoms with E-state index in [2.05, 4.69) is 0 Å². The summed E-state index contributed by atoms with van der Waals surface area (Å²) >= 11 is 0. The zero-order chi connectivity index (χ0) is 28.2. The highest BCUT2D eigenvalue weighted by Gasteiger charge is 2.77. The number of rotatable bonds is 7. The molecular formula is C28H38O10. The molecule has 1 aromatic rings. The van der Waals surface area contributed by atoms with Gasteiger partial charge in [0.25, 0.3) is 0 Å². The molecule has 10 heteroatoms. The molecule has 0 aromatic heterocycles. The summed E-state index contributed by atoms with van der Waals surface area (Å²) in [7, 11) is 2.97. The predicted octanol–water partition coefficient (Wildman–Crippen LogP) is 3.07. The Morgan fingerprint density at radius 3 is 2.16 bits per heavy atom. The number of methoxy groups -OCH3 is 2. The van der Waals surface area contributed by atoms with Crippen LogP contribution in [0.3, 0.4) is 0 Å². The number of hydrogen-bond acceptors (Lipinski definition) is 10. The summed E-state index contributed by atoms with van der Waals surface area (Å²) in [6.07, 6.45) is -2.65. The first-order chi connectivity index (χ1) is 17.7. The van der Waals surface area contributed by atoms with Crippen LogP contribution in [-0.4, -0.2) is 72.9 Å². The van der Waals surface area contributed by atoms with E-state index in [9.17, 15) is 19.5 Å². The number of esters is 3. The molecule has 8 atom stereocenters. The highest BCUT2D eigenvalue weighted by molar-refractivity contribution is 5.90. The number of aliphatic hydroxyl groups is 1. The average molecular weight is 535 g/mol. The van der Waals surface area contributed by atoms with Gasteiger partial charge in [-0.2, -0.15) is 0 Å². The molecule has 1 N–H and O–H groups in total. The fourth-order valence-corrected chi connectivity index (χ4v) is 6.72. The fraction of sp³-hybridized carbons (Fsp3) is 0.679. The Balaban J connectivity index is 1.81. The van der Waals surface area contributed by atoms with E-state index in [1.165, 1.54) is 34.1 Å². The molecule has 10 nitrogen and oxygen atoms in total. The molecule has 2 aliphatic carbocycles. The summed E-state index contributed by atoms with van der Waals surface area (Å²) in [5.41, 5.74) is -3.04. The van der Waals surface area contributed by atoms with Crippen molar-refractivity contribution in [2.45, 2.75) is 90.0 Å². The molecule has 0 spiro atoms. The SMILES string of the molecule is COc1ccc(C(=O)O[C@H]2C[C@@]3(C)O[C@@H]3[C@@H](OC(C)=O)[C@@]3(C)[C@@H](OC(C)=O)C[C@@](O)(C(C)C)[C@H]23)cc1OC. The quantitative estimate of drug-likeness (QED) is 0.316. The molecule has 0 unspecified atom stereocenters. The van der Waals surface area contributed by atoms with Crippen LogP contribution in [0, 0.1) is 17.3 Å². The van der Waals surface area contributed by atoms with Crippen LogP contribution in [0.5, 0.6) is 11.5 Å². The Labute approximate surface area is 222 Å². The number of carbonyl (C=O) groups excluding carboxylic acids is 3. The van der Waals surface area contributed by atoms with Crippen molar-refractivity contribution in [3.8, 4) is 11.5 Å². The van der Waals surface area contributed by atoms with E-state index in [0.29, 0.717) is 11.5 Å². The first kappa shape index (κ1) is 28.2. The number of carbonyl (C=O) groups is 3. The van der Waals surface area contributed by atoms with Crippen molar-refractivity contribution < 1.29 is 47.9 Å². The molecule has 1 saturated heterocycles. The van der Waals surface area contributed by atoms with E-state index in [1.54, 1.807) is 12.1 Å². The Morgan fingerprint density at radius 2 is 1.61 bits per heavy atom. The summed E-state index contributed by atoms with van der Waals surface area (Å²) < 4.78 is 34.5. The van der Waals surface area contributed by atoms with Crippen LogP contribution in [0.15, 0.2) is 18.2 Å². The Kier molecular flexibility index (Phi) is 7.20. The van der Waals surface area contributed by atoms with Crippen molar-refractivity contribution in [2.75, 3.05) is 14.2 Å². The lowest BCUT2D eigenvalue weighted by molar-refractivity contribution is -0.184. The highest BCUT2D eigenvalue weighted by Crippen LogP contribution is 2.65. The molecule has 0 radical (unpaired) electrons. The van der Waals surface area contributed by atoms with Gasteiger partial charge in [-0.05, 0) is 31.0 Å². The Hall–Kier alpha value is -2.85. The normalized spacial score (nSPS) is 37.4. The van der Waals surface area contributed by atoms with Crippen LogP contribution in [0.2, 0.25) is 0 Å². The van der Waals surface area contributed by atoms with E-state index in [-0.39, 0.29) is 24.3 Å². The molecule has 1 aliphatic heterocycles.